The lowest BCUT2D eigenvalue weighted by Crippen LogP contribution is -1.99. The number of hydrogen-bond acceptors (Lipinski definition) is 3. The first-order valence-corrected chi connectivity index (χ1v) is 7.80. The minimum Gasteiger partial charge on any atom is -0.481 e. The quantitative estimate of drug-likeness (QED) is 0.729. The van der Waals surface area contributed by atoms with Crippen molar-refractivity contribution in [3.8, 4) is 0 Å². The van der Waals surface area contributed by atoms with Gasteiger partial charge < -0.3 is 10.4 Å². The number of hydrogen-bond donors (Lipinski definition) is 2. The highest BCUT2D eigenvalue weighted by atomic mass is 127. The van der Waals surface area contributed by atoms with Gasteiger partial charge in [0.2, 0.25) is 0 Å². The molecule has 100 valence electrons. The summed E-state index contributed by atoms with van der Waals surface area (Å²) in [4.78, 5) is 12.6. The van der Waals surface area contributed by atoms with Crippen LogP contribution >= 0.6 is 45.5 Å². The molecule has 0 fully saturated rings. The van der Waals surface area contributed by atoms with Gasteiger partial charge in [-0.2, -0.15) is 0 Å². The van der Waals surface area contributed by atoms with Gasteiger partial charge in [0, 0.05) is 30.6 Å². The van der Waals surface area contributed by atoms with E-state index >= 15 is 0 Å². The van der Waals surface area contributed by atoms with Crippen molar-refractivity contribution in [3.05, 3.63) is 48.7 Å². The van der Waals surface area contributed by atoms with Crippen LogP contribution in [0.2, 0.25) is 5.02 Å². The maximum atomic E-state index is 10.6. The van der Waals surface area contributed by atoms with Crippen molar-refractivity contribution in [1.29, 1.82) is 0 Å². The second-order valence-electron chi connectivity index (χ2n) is 3.92. The highest BCUT2D eigenvalue weighted by Gasteiger charge is 2.05. The highest BCUT2D eigenvalue weighted by molar-refractivity contribution is 14.1. The molecule has 0 spiro atoms. The zero-order valence-corrected chi connectivity index (χ0v) is 13.6. The first-order valence-electron chi connectivity index (χ1n) is 5.53. The molecule has 0 unspecified atom stereocenters. The standard InChI is InChI=1S/C13H11ClINO2S/c14-8-1-4-12(11(15)5-8)16-7-10-3-2-9(19-10)6-13(17)18/h1-5,16H,6-7H2,(H,17,18). The lowest BCUT2D eigenvalue weighted by molar-refractivity contribution is -0.136. The minimum atomic E-state index is -0.798. The molecule has 6 heteroatoms. The first-order chi connectivity index (χ1) is 9.04. The van der Waals surface area contributed by atoms with Crippen LogP contribution in [0.5, 0.6) is 0 Å². The summed E-state index contributed by atoms with van der Waals surface area (Å²) in [6, 6.07) is 9.50. The van der Waals surface area contributed by atoms with E-state index in [0.717, 1.165) is 24.0 Å². The molecule has 1 heterocycles. The molecule has 1 aromatic carbocycles. The largest absolute Gasteiger partial charge is 0.481 e. The SMILES string of the molecule is O=C(O)Cc1ccc(CNc2ccc(Cl)cc2I)s1. The van der Waals surface area contributed by atoms with Crippen LogP contribution in [0, 0.1) is 3.57 Å². The Hall–Kier alpha value is -0.790. The summed E-state index contributed by atoms with van der Waals surface area (Å²) in [6.45, 7) is 0.682. The second-order valence-corrected chi connectivity index (χ2v) is 6.77. The van der Waals surface area contributed by atoms with Gasteiger partial charge >= 0.3 is 5.97 Å². The van der Waals surface area contributed by atoms with Gasteiger partial charge in [0.15, 0.2) is 0 Å². The molecule has 0 saturated carbocycles. The Bertz CT molecular complexity index is 600. The van der Waals surface area contributed by atoms with Gasteiger partial charge in [-0.3, -0.25) is 4.79 Å². The molecule has 2 N–H and O–H groups in total. The highest BCUT2D eigenvalue weighted by Crippen LogP contribution is 2.24. The van der Waals surface area contributed by atoms with Gasteiger partial charge in [0.25, 0.3) is 0 Å². The van der Waals surface area contributed by atoms with Crippen LogP contribution in [0.15, 0.2) is 30.3 Å². The monoisotopic (exact) mass is 407 g/mol. The second kappa shape index (κ2) is 6.58. The van der Waals surface area contributed by atoms with Gasteiger partial charge in [0.1, 0.15) is 0 Å². The van der Waals surface area contributed by atoms with Crippen molar-refractivity contribution < 1.29 is 9.90 Å². The molecule has 0 aliphatic rings. The summed E-state index contributed by atoms with van der Waals surface area (Å²) >= 11 is 9.65. The van der Waals surface area contributed by atoms with E-state index in [1.807, 2.05) is 30.3 Å². The predicted octanol–water partition coefficient (Wildman–Crippen LogP) is 4.25. The average molecular weight is 408 g/mol. The lowest BCUT2D eigenvalue weighted by Gasteiger charge is -2.07. The Labute approximate surface area is 133 Å². The van der Waals surface area contributed by atoms with Crippen LogP contribution in [0.25, 0.3) is 0 Å². The number of benzene rings is 1. The lowest BCUT2D eigenvalue weighted by atomic mass is 10.3. The van der Waals surface area contributed by atoms with Gasteiger partial charge in [-0.25, -0.2) is 0 Å². The number of carbonyl (C=O) groups is 1. The van der Waals surface area contributed by atoms with E-state index in [4.69, 9.17) is 16.7 Å². The third-order valence-corrected chi connectivity index (χ3v) is 4.64. The average Bonchev–Trinajstić information content (AvgIpc) is 2.74. The van der Waals surface area contributed by atoms with E-state index in [0.29, 0.717) is 6.54 Å². The Balaban J connectivity index is 1.98. The van der Waals surface area contributed by atoms with Crippen molar-refractivity contribution in [1.82, 2.24) is 0 Å². The third kappa shape index (κ3) is 4.36. The van der Waals surface area contributed by atoms with E-state index < -0.39 is 5.97 Å². The number of thiophene rings is 1. The van der Waals surface area contributed by atoms with Gasteiger partial charge in [0.05, 0.1) is 6.42 Å². The number of halogens is 2. The Morgan fingerprint density at radius 2 is 2.05 bits per heavy atom. The summed E-state index contributed by atoms with van der Waals surface area (Å²) in [5.74, 6) is -0.798. The van der Waals surface area contributed by atoms with Crippen LogP contribution in [-0.2, 0) is 17.8 Å². The fourth-order valence-corrected chi connectivity index (χ4v) is 3.59. The van der Waals surface area contributed by atoms with Crippen LogP contribution in [0.1, 0.15) is 9.75 Å². The maximum absolute atomic E-state index is 10.6. The molecule has 3 nitrogen and oxygen atoms in total. The molecule has 1 aromatic heterocycles. The van der Waals surface area contributed by atoms with Crippen molar-refractivity contribution >= 4 is 57.2 Å². The molecule has 0 saturated heterocycles. The molecular weight excluding hydrogens is 397 g/mol. The number of rotatable bonds is 5. The van der Waals surface area contributed by atoms with E-state index in [1.54, 1.807) is 0 Å². The van der Waals surface area contributed by atoms with Crippen LogP contribution < -0.4 is 5.32 Å². The molecule has 2 rings (SSSR count). The molecule has 19 heavy (non-hydrogen) atoms. The summed E-state index contributed by atoms with van der Waals surface area (Å²) in [5, 5.41) is 12.8. The van der Waals surface area contributed by atoms with Crippen LogP contribution in [0.4, 0.5) is 5.69 Å². The number of anilines is 1. The zero-order chi connectivity index (χ0) is 13.8. The fourth-order valence-electron chi connectivity index (χ4n) is 1.58. The number of carboxylic acids is 1. The topological polar surface area (TPSA) is 49.3 Å². The smallest absolute Gasteiger partial charge is 0.308 e. The van der Waals surface area contributed by atoms with Crippen molar-refractivity contribution in [2.24, 2.45) is 0 Å². The Morgan fingerprint density at radius 1 is 1.32 bits per heavy atom. The van der Waals surface area contributed by atoms with Gasteiger partial charge in [-0.1, -0.05) is 11.6 Å². The predicted molar refractivity (Wildman–Crippen MR) is 87.2 cm³/mol. The summed E-state index contributed by atoms with van der Waals surface area (Å²) in [7, 11) is 0. The van der Waals surface area contributed by atoms with E-state index in [2.05, 4.69) is 27.9 Å². The molecule has 0 amide bonds. The van der Waals surface area contributed by atoms with Crippen molar-refractivity contribution in [2.45, 2.75) is 13.0 Å². The summed E-state index contributed by atoms with van der Waals surface area (Å²) < 4.78 is 1.06. The molecule has 2 aromatic rings. The maximum Gasteiger partial charge on any atom is 0.308 e. The van der Waals surface area contributed by atoms with Gasteiger partial charge in [-0.05, 0) is 52.9 Å². The van der Waals surface area contributed by atoms with E-state index in [-0.39, 0.29) is 6.42 Å². The minimum absolute atomic E-state index is 0.0865. The first kappa shape index (κ1) is 14.6. The number of carboxylic acid groups (broad SMARTS) is 1. The van der Waals surface area contributed by atoms with Crippen LogP contribution in [0.3, 0.4) is 0 Å². The van der Waals surface area contributed by atoms with Gasteiger partial charge in [-0.15, -0.1) is 11.3 Å². The van der Waals surface area contributed by atoms with Crippen LogP contribution in [-0.4, -0.2) is 11.1 Å². The number of aliphatic carboxylic acids is 1. The summed E-state index contributed by atoms with van der Waals surface area (Å²) in [6.07, 6.45) is 0.0865. The molecule has 0 radical (unpaired) electrons. The summed E-state index contributed by atoms with van der Waals surface area (Å²) in [5.41, 5.74) is 1.03. The molecular formula is C13H11ClINO2S. The Morgan fingerprint density at radius 3 is 2.74 bits per heavy atom. The zero-order valence-electron chi connectivity index (χ0n) is 9.82. The fraction of sp³-hybridized carbons (Fsp3) is 0.154. The van der Waals surface area contributed by atoms with E-state index in [1.165, 1.54) is 11.3 Å². The van der Waals surface area contributed by atoms with Crippen molar-refractivity contribution in [3.63, 3.8) is 0 Å². The molecule has 0 aliphatic heterocycles. The normalized spacial score (nSPS) is 10.4. The molecule has 0 aliphatic carbocycles. The molecule has 0 atom stereocenters. The Kier molecular flexibility index (Phi) is 5.06. The number of nitrogens with one attached hydrogen (secondary N) is 1. The van der Waals surface area contributed by atoms with Crippen molar-refractivity contribution in [2.75, 3.05) is 5.32 Å². The molecule has 0 bridgehead atoms. The third-order valence-electron chi connectivity index (χ3n) is 2.43. The van der Waals surface area contributed by atoms with E-state index in [9.17, 15) is 4.79 Å².